The first kappa shape index (κ1) is 15.9. The quantitative estimate of drug-likeness (QED) is 0.834. The topological polar surface area (TPSA) is 47.6 Å². The van der Waals surface area contributed by atoms with E-state index in [-0.39, 0.29) is 5.91 Å². The third-order valence-electron chi connectivity index (χ3n) is 3.55. The molecule has 1 N–H and O–H groups in total. The summed E-state index contributed by atoms with van der Waals surface area (Å²) in [5.41, 5.74) is 2.93. The van der Waals surface area contributed by atoms with Gasteiger partial charge in [0.05, 0.1) is 13.7 Å². The predicted octanol–water partition coefficient (Wildman–Crippen LogP) is 3.12. The van der Waals surface area contributed by atoms with Crippen molar-refractivity contribution in [2.45, 2.75) is 13.8 Å². The first-order valence-corrected chi connectivity index (χ1v) is 7.23. The van der Waals surface area contributed by atoms with Gasteiger partial charge in [-0.25, -0.2) is 0 Å². The van der Waals surface area contributed by atoms with Crippen molar-refractivity contribution in [3.8, 4) is 11.5 Å². The molecule has 0 fully saturated rings. The molecule has 4 nitrogen and oxygen atoms in total. The van der Waals surface area contributed by atoms with E-state index in [4.69, 9.17) is 9.47 Å². The van der Waals surface area contributed by atoms with Crippen LogP contribution in [-0.4, -0.2) is 26.2 Å². The lowest BCUT2D eigenvalue weighted by molar-refractivity contribution is 0.0947. The number of amides is 1. The zero-order chi connectivity index (χ0) is 15.9. The van der Waals surface area contributed by atoms with Gasteiger partial charge in [-0.15, -0.1) is 0 Å². The van der Waals surface area contributed by atoms with Crippen LogP contribution in [0.2, 0.25) is 0 Å². The van der Waals surface area contributed by atoms with E-state index in [0.717, 1.165) is 17.1 Å². The fourth-order valence-corrected chi connectivity index (χ4v) is 2.05. The second kappa shape index (κ2) is 7.50. The van der Waals surface area contributed by atoms with Crippen LogP contribution in [0, 0.1) is 13.8 Å². The second-order valence-electron chi connectivity index (χ2n) is 5.03. The molecule has 0 aliphatic heterocycles. The van der Waals surface area contributed by atoms with Gasteiger partial charge < -0.3 is 14.8 Å². The summed E-state index contributed by atoms with van der Waals surface area (Å²) in [5.74, 6) is 1.47. The number of hydrogen-bond acceptors (Lipinski definition) is 3. The van der Waals surface area contributed by atoms with Crippen LogP contribution in [0.4, 0.5) is 0 Å². The van der Waals surface area contributed by atoms with Crippen LogP contribution in [-0.2, 0) is 0 Å². The van der Waals surface area contributed by atoms with Crippen molar-refractivity contribution in [1.29, 1.82) is 0 Å². The van der Waals surface area contributed by atoms with Crippen molar-refractivity contribution in [1.82, 2.24) is 5.32 Å². The maximum atomic E-state index is 12.0. The molecule has 1 amide bonds. The molecule has 0 atom stereocenters. The first-order chi connectivity index (χ1) is 10.6. The Hall–Kier alpha value is -2.49. The normalized spacial score (nSPS) is 10.1. The number of rotatable bonds is 6. The first-order valence-electron chi connectivity index (χ1n) is 7.23. The minimum absolute atomic E-state index is 0.118. The van der Waals surface area contributed by atoms with Crippen molar-refractivity contribution in [3.05, 3.63) is 59.2 Å². The molecule has 0 aromatic heterocycles. The largest absolute Gasteiger partial charge is 0.497 e. The molecule has 0 bridgehead atoms. The Morgan fingerprint density at radius 2 is 1.82 bits per heavy atom. The molecule has 0 heterocycles. The third kappa shape index (κ3) is 4.01. The minimum Gasteiger partial charge on any atom is -0.497 e. The van der Waals surface area contributed by atoms with Crippen molar-refractivity contribution in [2.75, 3.05) is 20.3 Å². The summed E-state index contributed by atoms with van der Waals surface area (Å²) in [4.78, 5) is 12.0. The fourth-order valence-electron chi connectivity index (χ4n) is 2.05. The number of benzene rings is 2. The number of nitrogens with one attached hydrogen (secondary N) is 1. The molecule has 22 heavy (non-hydrogen) atoms. The molecule has 0 unspecified atom stereocenters. The van der Waals surface area contributed by atoms with E-state index < -0.39 is 0 Å². The predicted molar refractivity (Wildman–Crippen MR) is 86.7 cm³/mol. The van der Waals surface area contributed by atoms with Crippen LogP contribution < -0.4 is 14.8 Å². The van der Waals surface area contributed by atoms with Crippen LogP contribution in [0.25, 0.3) is 0 Å². The SMILES string of the molecule is COc1ccc(C(=O)NCCOc2cccc(C)c2C)cc1. The summed E-state index contributed by atoms with van der Waals surface area (Å²) in [6.07, 6.45) is 0. The molecule has 0 saturated carbocycles. The Bertz CT molecular complexity index is 635. The van der Waals surface area contributed by atoms with Crippen molar-refractivity contribution in [2.24, 2.45) is 0 Å². The molecule has 2 rings (SSSR count). The summed E-state index contributed by atoms with van der Waals surface area (Å²) in [6, 6.07) is 13.0. The summed E-state index contributed by atoms with van der Waals surface area (Å²) < 4.78 is 10.8. The van der Waals surface area contributed by atoms with Crippen LogP contribution in [0.3, 0.4) is 0 Å². The molecule has 0 saturated heterocycles. The second-order valence-corrected chi connectivity index (χ2v) is 5.03. The van der Waals surface area contributed by atoms with Gasteiger partial charge in [-0.05, 0) is 55.3 Å². The Morgan fingerprint density at radius 3 is 2.50 bits per heavy atom. The number of ether oxygens (including phenoxy) is 2. The van der Waals surface area contributed by atoms with Gasteiger partial charge in [-0.3, -0.25) is 4.79 Å². The van der Waals surface area contributed by atoms with Crippen molar-refractivity contribution in [3.63, 3.8) is 0 Å². The molecule has 2 aromatic carbocycles. The molecule has 2 aromatic rings. The summed E-state index contributed by atoms with van der Waals surface area (Å²) in [5, 5.41) is 2.84. The zero-order valence-corrected chi connectivity index (χ0v) is 13.2. The number of carbonyl (C=O) groups is 1. The Kier molecular flexibility index (Phi) is 5.42. The van der Waals surface area contributed by atoms with Crippen molar-refractivity contribution < 1.29 is 14.3 Å². The van der Waals surface area contributed by atoms with Crippen LogP contribution in [0.15, 0.2) is 42.5 Å². The maximum Gasteiger partial charge on any atom is 0.251 e. The van der Waals surface area contributed by atoms with E-state index in [1.807, 2.05) is 32.0 Å². The lowest BCUT2D eigenvalue weighted by Crippen LogP contribution is -2.28. The summed E-state index contributed by atoms with van der Waals surface area (Å²) in [7, 11) is 1.60. The molecule has 0 spiro atoms. The molecular formula is C18H21NO3. The molecule has 0 aliphatic carbocycles. The Morgan fingerprint density at radius 1 is 1.09 bits per heavy atom. The van der Waals surface area contributed by atoms with E-state index in [1.54, 1.807) is 31.4 Å². The number of aryl methyl sites for hydroxylation is 1. The van der Waals surface area contributed by atoms with Gasteiger partial charge in [0, 0.05) is 5.56 Å². The van der Waals surface area contributed by atoms with E-state index in [9.17, 15) is 4.79 Å². The van der Waals surface area contributed by atoms with E-state index in [0.29, 0.717) is 18.7 Å². The van der Waals surface area contributed by atoms with E-state index in [1.165, 1.54) is 5.56 Å². The van der Waals surface area contributed by atoms with E-state index in [2.05, 4.69) is 5.32 Å². The highest BCUT2D eigenvalue weighted by Crippen LogP contribution is 2.20. The van der Waals surface area contributed by atoms with Crippen LogP contribution >= 0.6 is 0 Å². The van der Waals surface area contributed by atoms with Gasteiger partial charge in [0.2, 0.25) is 0 Å². The van der Waals surface area contributed by atoms with E-state index >= 15 is 0 Å². The standard InChI is InChI=1S/C18H21NO3/c1-13-5-4-6-17(14(13)2)22-12-11-19-18(20)15-7-9-16(21-3)10-8-15/h4-10H,11-12H2,1-3H3,(H,19,20). The number of hydrogen-bond donors (Lipinski definition) is 1. The molecule has 4 heteroatoms. The minimum atomic E-state index is -0.118. The van der Waals surface area contributed by atoms with Gasteiger partial charge in [-0.1, -0.05) is 12.1 Å². The van der Waals surface area contributed by atoms with Gasteiger partial charge in [-0.2, -0.15) is 0 Å². The highest BCUT2D eigenvalue weighted by atomic mass is 16.5. The third-order valence-corrected chi connectivity index (χ3v) is 3.55. The zero-order valence-electron chi connectivity index (χ0n) is 13.2. The molecule has 0 radical (unpaired) electrons. The highest BCUT2D eigenvalue weighted by molar-refractivity contribution is 5.94. The van der Waals surface area contributed by atoms with Crippen molar-refractivity contribution >= 4 is 5.91 Å². The van der Waals surface area contributed by atoms with Gasteiger partial charge in [0.25, 0.3) is 5.91 Å². The highest BCUT2D eigenvalue weighted by Gasteiger charge is 2.05. The Labute approximate surface area is 131 Å². The van der Waals surface area contributed by atoms with Crippen LogP contribution in [0.1, 0.15) is 21.5 Å². The van der Waals surface area contributed by atoms with Gasteiger partial charge >= 0.3 is 0 Å². The number of methoxy groups -OCH3 is 1. The lowest BCUT2D eigenvalue weighted by atomic mass is 10.1. The average molecular weight is 299 g/mol. The van der Waals surface area contributed by atoms with Gasteiger partial charge in [0.1, 0.15) is 18.1 Å². The van der Waals surface area contributed by atoms with Crippen LogP contribution in [0.5, 0.6) is 11.5 Å². The average Bonchev–Trinajstić information content (AvgIpc) is 2.55. The summed E-state index contributed by atoms with van der Waals surface area (Å²) >= 11 is 0. The molecule has 116 valence electrons. The molecule has 0 aliphatic rings. The Balaban J connectivity index is 1.80. The lowest BCUT2D eigenvalue weighted by Gasteiger charge is -2.11. The number of carbonyl (C=O) groups excluding carboxylic acids is 1. The fraction of sp³-hybridized carbons (Fsp3) is 0.278. The summed E-state index contributed by atoms with van der Waals surface area (Å²) in [6.45, 7) is 4.97. The van der Waals surface area contributed by atoms with Gasteiger partial charge in [0.15, 0.2) is 0 Å². The smallest absolute Gasteiger partial charge is 0.251 e. The maximum absolute atomic E-state index is 12.0. The monoisotopic (exact) mass is 299 g/mol. The molecular weight excluding hydrogens is 278 g/mol.